The van der Waals surface area contributed by atoms with Crippen LogP contribution in [0.5, 0.6) is 0 Å². The summed E-state index contributed by atoms with van der Waals surface area (Å²) in [5.41, 5.74) is 1.50. The van der Waals surface area contributed by atoms with Crippen molar-refractivity contribution in [3.8, 4) is 0 Å². The first-order valence-corrected chi connectivity index (χ1v) is 7.21. The second-order valence-electron chi connectivity index (χ2n) is 4.76. The molecule has 1 aromatic carbocycles. The number of benzene rings is 1. The topological polar surface area (TPSA) is 40.6 Å². The van der Waals surface area contributed by atoms with Crippen molar-refractivity contribution in [2.24, 2.45) is 0 Å². The van der Waals surface area contributed by atoms with Gasteiger partial charge in [-0.05, 0) is 24.3 Å². The minimum atomic E-state index is 0.0236. The van der Waals surface area contributed by atoms with Gasteiger partial charge in [0.25, 0.3) is 0 Å². The third-order valence-electron chi connectivity index (χ3n) is 3.47. The second kappa shape index (κ2) is 5.03. The van der Waals surface area contributed by atoms with Gasteiger partial charge in [-0.25, -0.2) is 0 Å². The van der Waals surface area contributed by atoms with Crippen LogP contribution in [0.4, 0.5) is 11.4 Å². The highest BCUT2D eigenvalue weighted by atomic mass is 32.1. The van der Waals surface area contributed by atoms with E-state index in [0.29, 0.717) is 35.7 Å². The van der Waals surface area contributed by atoms with E-state index in [9.17, 15) is 9.59 Å². The van der Waals surface area contributed by atoms with Gasteiger partial charge in [0.15, 0.2) is 0 Å². The molecule has 20 heavy (non-hydrogen) atoms. The zero-order chi connectivity index (χ0) is 14.3. The van der Waals surface area contributed by atoms with Crippen LogP contribution < -0.4 is 9.80 Å². The van der Waals surface area contributed by atoms with Gasteiger partial charge in [0, 0.05) is 37.1 Å². The first-order valence-electron chi connectivity index (χ1n) is 6.39. The fourth-order valence-corrected chi connectivity index (χ4v) is 3.10. The molecular formula is C14H12N2O2S2. The number of nitrogens with zero attached hydrogens (tertiary/aromatic N) is 2. The molecule has 0 saturated carbocycles. The lowest BCUT2D eigenvalue weighted by atomic mass is 10.2. The lowest BCUT2D eigenvalue weighted by molar-refractivity contribution is -0.117. The molecule has 6 heteroatoms. The van der Waals surface area contributed by atoms with Crippen molar-refractivity contribution in [2.75, 3.05) is 9.80 Å². The van der Waals surface area contributed by atoms with Gasteiger partial charge < -0.3 is 0 Å². The van der Waals surface area contributed by atoms with Crippen LogP contribution in [0.15, 0.2) is 24.3 Å². The van der Waals surface area contributed by atoms with Crippen molar-refractivity contribution in [2.45, 2.75) is 25.7 Å². The Kier molecular flexibility index (Phi) is 3.35. The van der Waals surface area contributed by atoms with Gasteiger partial charge >= 0.3 is 0 Å². The average Bonchev–Trinajstić information content (AvgIpc) is 2.94. The average molecular weight is 304 g/mol. The quantitative estimate of drug-likeness (QED) is 0.788. The summed E-state index contributed by atoms with van der Waals surface area (Å²) in [6.45, 7) is 0. The van der Waals surface area contributed by atoms with Crippen LogP contribution in [0.25, 0.3) is 0 Å². The maximum Gasteiger partial charge on any atom is 0.232 e. The van der Waals surface area contributed by atoms with Crippen LogP contribution in [0, 0.1) is 0 Å². The summed E-state index contributed by atoms with van der Waals surface area (Å²) in [5, 5.41) is 0. The molecule has 2 heterocycles. The summed E-state index contributed by atoms with van der Waals surface area (Å²) in [7, 11) is 0. The Bertz CT molecular complexity index is 538. The first kappa shape index (κ1) is 13.3. The SMILES string of the molecule is O=C1CCC(=S)N1c1ccc(N2C(=O)CCC2=S)cc1. The summed E-state index contributed by atoms with van der Waals surface area (Å²) in [5.74, 6) is 0.0473. The molecule has 2 amide bonds. The Morgan fingerprint density at radius 1 is 0.700 bits per heavy atom. The van der Waals surface area contributed by atoms with Crippen LogP contribution in [0.2, 0.25) is 0 Å². The van der Waals surface area contributed by atoms with Gasteiger partial charge in [0.1, 0.15) is 0 Å². The van der Waals surface area contributed by atoms with Gasteiger partial charge in [-0.3, -0.25) is 19.4 Å². The predicted molar refractivity (Wildman–Crippen MR) is 85.1 cm³/mol. The fourth-order valence-electron chi connectivity index (χ4n) is 2.48. The molecule has 0 atom stereocenters. The van der Waals surface area contributed by atoms with Crippen molar-refractivity contribution in [1.29, 1.82) is 0 Å². The number of hydrogen-bond donors (Lipinski definition) is 0. The van der Waals surface area contributed by atoms with E-state index in [1.54, 1.807) is 34.1 Å². The van der Waals surface area contributed by atoms with Crippen LogP contribution in [-0.2, 0) is 9.59 Å². The van der Waals surface area contributed by atoms with Gasteiger partial charge in [0.05, 0.1) is 9.98 Å². The van der Waals surface area contributed by atoms with Crippen molar-refractivity contribution >= 4 is 57.6 Å². The number of rotatable bonds is 2. The summed E-state index contributed by atoms with van der Waals surface area (Å²) in [4.78, 5) is 28.0. The monoisotopic (exact) mass is 304 g/mol. The minimum Gasteiger partial charge on any atom is -0.275 e. The molecule has 0 aliphatic carbocycles. The summed E-state index contributed by atoms with van der Waals surface area (Å²) < 4.78 is 0. The number of carbonyl (C=O) groups is 2. The van der Waals surface area contributed by atoms with Crippen molar-refractivity contribution in [3.63, 3.8) is 0 Å². The third kappa shape index (κ3) is 2.14. The summed E-state index contributed by atoms with van der Waals surface area (Å²) >= 11 is 10.4. The van der Waals surface area contributed by atoms with Crippen LogP contribution in [0.3, 0.4) is 0 Å². The minimum absolute atomic E-state index is 0.0236. The number of amides is 2. The highest BCUT2D eigenvalue weighted by molar-refractivity contribution is 7.81. The van der Waals surface area contributed by atoms with Crippen molar-refractivity contribution in [1.82, 2.24) is 0 Å². The molecule has 4 nitrogen and oxygen atoms in total. The van der Waals surface area contributed by atoms with Crippen molar-refractivity contribution in [3.05, 3.63) is 24.3 Å². The molecular weight excluding hydrogens is 292 g/mol. The predicted octanol–water partition coefficient (Wildman–Crippen LogP) is 2.60. The number of thiocarbonyl (C=S) groups is 2. The van der Waals surface area contributed by atoms with E-state index in [1.165, 1.54) is 0 Å². The lowest BCUT2D eigenvalue weighted by Gasteiger charge is -2.19. The molecule has 2 aliphatic rings. The van der Waals surface area contributed by atoms with E-state index in [2.05, 4.69) is 0 Å². The van der Waals surface area contributed by atoms with Crippen LogP contribution in [-0.4, -0.2) is 21.8 Å². The van der Waals surface area contributed by atoms with E-state index in [1.807, 2.05) is 0 Å². The molecule has 102 valence electrons. The van der Waals surface area contributed by atoms with Gasteiger partial charge in [0.2, 0.25) is 11.8 Å². The van der Waals surface area contributed by atoms with Gasteiger partial charge in [-0.15, -0.1) is 0 Å². The van der Waals surface area contributed by atoms with Crippen molar-refractivity contribution < 1.29 is 9.59 Å². The van der Waals surface area contributed by atoms with Crippen LogP contribution >= 0.6 is 24.4 Å². The molecule has 1 aromatic rings. The van der Waals surface area contributed by atoms with E-state index in [0.717, 1.165) is 11.4 Å². The van der Waals surface area contributed by atoms with Gasteiger partial charge in [-0.2, -0.15) is 0 Å². The summed E-state index contributed by atoms with van der Waals surface area (Å²) in [6.07, 6.45) is 2.19. The Balaban J connectivity index is 1.88. The third-order valence-corrected chi connectivity index (χ3v) is 4.24. The number of carbonyl (C=O) groups excluding carboxylic acids is 2. The van der Waals surface area contributed by atoms with E-state index in [4.69, 9.17) is 24.4 Å². The highest BCUT2D eigenvalue weighted by Gasteiger charge is 2.29. The number of anilines is 2. The molecule has 2 saturated heterocycles. The zero-order valence-corrected chi connectivity index (χ0v) is 12.3. The zero-order valence-electron chi connectivity index (χ0n) is 10.7. The normalized spacial score (nSPS) is 19.4. The van der Waals surface area contributed by atoms with E-state index >= 15 is 0 Å². The largest absolute Gasteiger partial charge is 0.275 e. The Labute approximate surface area is 127 Å². The van der Waals surface area contributed by atoms with E-state index in [-0.39, 0.29) is 11.8 Å². The highest BCUT2D eigenvalue weighted by Crippen LogP contribution is 2.28. The molecule has 2 fully saturated rings. The molecule has 3 rings (SSSR count). The standard InChI is InChI=1S/C14H12N2O2S2/c17-11-5-7-13(19)15(11)9-1-2-10(4-3-9)16-12(18)6-8-14(16)20/h1-4H,5-8H2. The van der Waals surface area contributed by atoms with Crippen LogP contribution in [0.1, 0.15) is 25.7 Å². The molecule has 0 aromatic heterocycles. The maximum absolute atomic E-state index is 11.8. The molecule has 0 N–H and O–H groups in total. The molecule has 0 spiro atoms. The second-order valence-corrected chi connectivity index (χ2v) is 5.70. The van der Waals surface area contributed by atoms with Gasteiger partial charge in [-0.1, -0.05) is 24.4 Å². The Morgan fingerprint density at radius 2 is 1.05 bits per heavy atom. The molecule has 0 bridgehead atoms. The first-order chi connectivity index (χ1) is 9.58. The van der Waals surface area contributed by atoms with E-state index < -0.39 is 0 Å². The maximum atomic E-state index is 11.8. The molecule has 0 unspecified atom stereocenters. The molecule has 2 aliphatic heterocycles. The molecule has 0 radical (unpaired) electrons. The Morgan fingerprint density at radius 3 is 1.30 bits per heavy atom. The lowest BCUT2D eigenvalue weighted by Crippen LogP contribution is -2.28. The summed E-state index contributed by atoms with van der Waals surface area (Å²) in [6, 6.07) is 7.22. The fraction of sp³-hybridized carbons (Fsp3) is 0.286. The Hall–Kier alpha value is -1.66. The smallest absolute Gasteiger partial charge is 0.232 e. The number of hydrogen-bond acceptors (Lipinski definition) is 4.